The average molecular weight is 274 g/mol. The van der Waals surface area contributed by atoms with Gasteiger partial charge in [0.1, 0.15) is 5.82 Å². The van der Waals surface area contributed by atoms with Crippen molar-refractivity contribution in [1.82, 2.24) is 9.97 Å². The van der Waals surface area contributed by atoms with Crippen LogP contribution in [0.5, 0.6) is 0 Å². The third-order valence-corrected chi connectivity index (χ3v) is 4.79. The number of carbonyl (C=O) groups is 1. The van der Waals surface area contributed by atoms with Crippen molar-refractivity contribution in [2.45, 2.75) is 51.9 Å². The highest BCUT2D eigenvalue weighted by Gasteiger charge is 2.41. The molecular formula is C16H22N2O2. The van der Waals surface area contributed by atoms with E-state index in [9.17, 15) is 4.79 Å². The van der Waals surface area contributed by atoms with E-state index in [2.05, 4.69) is 9.97 Å². The molecule has 4 heteroatoms. The first kappa shape index (κ1) is 13.5. The van der Waals surface area contributed by atoms with Crippen LogP contribution in [0.4, 0.5) is 0 Å². The normalized spacial score (nSPS) is 27.8. The van der Waals surface area contributed by atoms with Gasteiger partial charge in [0.2, 0.25) is 0 Å². The average Bonchev–Trinajstić information content (AvgIpc) is 3.09. The number of aromatic nitrogens is 2. The molecule has 1 aromatic rings. The molecular weight excluding hydrogens is 252 g/mol. The monoisotopic (exact) mass is 274 g/mol. The second-order valence-corrected chi connectivity index (χ2v) is 5.94. The molecule has 2 bridgehead atoms. The number of ether oxygens (including phenoxy) is 1. The SMILES string of the molecule is CCOC(=O)c1cnc(C2CC3CCC2C3)nc1CC. The van der Waals surface area contributed by atoms with Crippen LogP contribution in [0, 0.1) is 11.8 Å². The van der Waals surface area contributed by atoms with E-state index < -0.39 is 0 Å². The quantitative estimate of drug-likeness (QED) is 0.792. The molecule has 3 unspecified atom stereocenters. The molecule has 2 aliphatic rings. The van der Waals surface area contributed by atoms with Gasteiger partial charge in [-0.1, -0.05) is 13.3 Å². The van der Waals surface area contributed by atoms with E-state index in [0.717, 1.165) is 29.8 Å². The first-order chi connectivity index (χ1) is 9.72. The van der Waals surface area contributed by atoms with Crippen molar-refractivity contribution in [3.05, 3.63) is 23.3 Å². The van der Waals surface area contributed by atoms with Gasteiger partial charge < -0.3 is 4.74 Å². The van der Waals surface area contributed by atoms with Crippen LogP contribution in [-0.4, -0.2) is 22.5 Å². The van der Waals surface area contributed by atoms with Crippen LogP contribution in [0.1, 0.15) is 67.3 Å². The topological polar surface area (TPSA) is 52.1 Å². The van der Waals surface area contributed by atoms with Crippen LogP contribution >= 0.6 is 0 Å². The molecule has 4 nitrogen and oxygen atoms in total. The second-order valence-electron chi connectivity index (χ2n) is 5.94. The summed E-state index contributed by atoms with van der Waals surface area (Å²) in [4.78, 5) is 21.0. The summed E-state index contributed by atoms with van der Waals surface area (Å²) in [6, 6.07) is 0. The van der Waals surface area contributed by atoms with E-state index in [0.29, 0.717) is 18.1 Å². The molecule has 20 heavy (non-hydrogen) atoms. The fraction of sp³-hybridized carbons (Fsp3) is 0.688. The molecule has 0 aliphatic heterocycles. The summed E-state index contributed by atoms with van der Waals surface area (Å²) in [5.41, 5.74) is 1.36. The van der Waals surface area contributed by atoms with Crippen molar-refractivity contribution >= 4 is 5.97 Å². The first-order valence-electron chi connectivity index (χ1n) is 7.75. The van der Waals surface area contributed by atoms with Gasteiger partial charge in [0.05, 0.1) is 17.9 Å². The molecule has 2 aliphatic carbocycles. The number of hydrogen-bond donors (Lipinski definition) is 0. The Morgan fingerprint density at radius 3 is 2.80 bits per heavy atom. The van der Waals surface area contributed by atoms with Crippen molar-refractivity contribution in [1.29, 1.82) is 0 Å². The smallest absolute Gasteiger partial charge is 0.341 e. The number of rotatable bonds is 4. The molecule has 0 N–H and O–H groups in total. The Balaban J connectivity index is 1.85. The van der Waals surface area contributed by atoms with Gasteiger partial charge in [-0.25, -0.2) is 14.8 Å². The molecule has 0 saturated heterocycles. The molecule has 0 amide bonds. The van der Waals surface area contributed by atoms with Crippen LogP contribution in [0.15, 0.2) is 6.20 Å². The first-order valence-corrected chi connectivity index (χ1v) is 7.75. The lowest BCUT2D eigenvalue weighted by atomic mass is 9.88. The van der Waals surface area contributed by atoms with Crippen LogP contribution in [0.25, 0.3) is 0 Å². The molecule has 0 spiro atoms. The number of esters is 1. The summed E-state index contributed by atoms with van der Waals surface area (Å²) in [5.74, 6) is 2.79. The predicted molar refractivity (Wildman–Crippen MR) is 75.6 cm³/mol. The summed E-state index contributed by atoms with van der Waals surface area (Å²) in [6.07, 6.45) is 7.68. The Morgan fingerprint density at radius 1 is 1.35 bits per heavy atom. The minimum Gasteiger partial charge on any atom is -0.462 e. The number of aryl methyl sites for hydroxylation is 1. The fourth-order valence-electron chi connectivity index (χ4n) is 3.82. The van der Waals surface area contributed by atoms with Gasteiger partial charge in [-0.05, 0) is 44.4 Å². The van der Waals surface area contributed by atoms with Gasteiger partial charge in [-0.2, -0.15) is 0 Å². The van der Waals surface area contributed by atoms with Gasteiger partial charge >= 0.3 is 5.97 Å². The van der Waals surface area contributed by atoms with Crippen molar-refractivity contribution < 1.29 is 9.53 Å². The maximum absolute atomic E-state index is 11.9. The molecule has 3 atom stereocenters. The van der Waals surface area contributed by atoms with E-state index in [-0.39, 0.29) is 5.97 Å². The zero-order valence-corrected chi connectivity index (χ0v) is 12.3. The maximum Gasteiger partial charge on any atom is 0.341 e. The molecule has 0 aromatic carbocycles. The third kappa shape index (κ3) is 2.32. The highest BCUT2D eigenvalue weighted by Crippen LogP contribution is 2.52. The Morgan fingerprint density at radius 2 is 2.20 bits per heavy atom. The zero-order chi connectivity index (χ0) is 14.1. The third-order valence-electron chi connectivity index (χ3n) is 4.79. The van der Waals surface area contributed by atoms with Gasteiger partial charge in [0.15, 0.2) is 0 Å². The highest BCUT2D eigenvalue weighted by atomic mass is 16.5. The largest absolute Gasteiger partial charge is 0.462 e. The van der Waals surface area contributed by atoms with Crippen molar-refractivity contribution in [2.24, 2.45) is 11.8 Å². The predicted octanol–water partition coefficient (Wildman–Crippen LogP) is 3.12. The molecule has 2 fully saturated rings. The minimum absolute atomic E-state index is 0.302. The van der Waals surface area contributed by atoms with E-state index in [1.165, 1.54) is 25.7 Å². The molecule has 2 saturated carbocycles. The van der Waals surface area contributed by atoms with E-state index in [1.54, 1.807) is 6.20 Å². The summed E-state index contributed by atoms with van der Waals surface area (Å²) in [6.45, 7) is 4.22. The lowest BCUT2D eigenvalue weighted by Crippen LogP contribution is -2.16. The van der Waals surface area contributed by atoms with Crippen molar-refractivity contribution in [3.63, 3.8) is 0 Å². The van der Waals surface area contributed by atoms with Crippen molar-refractivity contribution in [3.8, 4) is 0 Å². The summed E-state index contributed by atoms with van der Waals surface area (Å²) in [7, 11) is 0. The van der Waals surface area contributed by atoms with Gasteiger partial charge in [0, 0.05) is 12.1 Å². The molecule has 1 aromatic heterocycles. The number of carbonyl (C=O) groups excluding carboxylic acids is 1. The van der Waals surface area contributed by atoms with Crippen LogP contribution in [0.2, 0.25) is 0 Å². The summed E-state index contributed by atoms with van der Waals surface area (Å²) < 4.78 is 5.07. The second kappa shape index (κ2) is 5.51. The fourth-order valence-corrected chi connectivity index (χ4v) is 3.82. The molecule has 1 heterocycles. The van der Waals surface area contributed by atoms with E-state index in [1.807, 2.05) is 13.8 Å². The number of hydrogen-bond acceptors (Lipinski definition) is 4. The summed E-state index contributed by atoms with van der Waals surface area (Å²) in [5, 5.41) is 0. The Kier molecular flexibility index (Phi) is 3.72. The van der Waals surface area contributed by atoms with Crippen LogP contribution in [0.3, 0.4) is 0 Å². The number of nitrogens with zero attached hydrogens (tertiary/aromatic N) is 2. The zero-order valence-electron chi connectivity index (χ0n) is 12.3. The lowest BCUT2D eigenvalue weighted by molar-refractivity contribution is 0.0524. The van der Waals surface area contributed by atoms with Crippen LogP contribution in [-0.2, 0) is 11.2 Å². The molecule has 3 rings (SSSR count). The summed E-state index contributed by atoms with van der Waals surface area (Å²) >= 11 is 0. The standard InChI is InChI=1S/C16H22N2O2/c1-3-14-13(16(19)20-4-2)9-17-15(18-14)12-8-10-5-6-11(12)7-10/h9-12H,3-8H2,1-2H3. The maximum atomic E-state index is 11.9. The molecule has 108 valence electrons. The van der Waals surface area contributed by atoms with Crippen LogP contribution < -0.4 is 0 Å². The van der Waals surface area contributed by atoms with Crippen molar-refractivity contribution in [2.75, 3.05) is 6.61 Å². The van der Waals surface area contributed by atoms with E-state index >= 15 is 0 Å². The lowest BCUT2D eigenvalue weighted by Gasteiger charge is -2.21. The van der Waals surface area contributed by atoms with Gasteiger partial charge in [0.25, 0.3) is 0 Å². The highest BCUT2D eigenvalue weighted by molar-refractivity contribution is 5.90. The van der Waals surface area contributed by atoms with Gasteiger partial charge in [-0.15, -0.1) is 0 Å². The Hall–Kier alpha value is -1.45. The van der Waals surface area contributed by atoms with Gasteiger partial charge in [-0.3, -0.25) is 0 Å². The van der Waals surface area contributed by atoms with E-state index in [4.69, 9.17) is 4.74 Å². The Bertz CT molecular complexity index is 515. The minimum atomic E-state index is -0.302. The Labute approximate surface area is 120 Å². The molecule has 0 radical (unpaired) electrons. The number of fused-ring (bicyclic) bond motifs is 2.